The van der Waals surface area contributed by atoms with Crippen LogP contribution in [0.3, 0.4) is 0 Å². The minimum atomic E-state index is -1.05. The number of rotatable bonds is 4. The molecule has 0 radical (unpaired) electrons. The Morgan fingerprint density at radius 2 is 2.00 bits per heavy atom. The molecule has 0 aliphatic rings. The van der Waals surface area contributed by atoms with Crippen LogP contribution in [0.15, 0.2) is 18.2 Å². The van der Waals surface area contributed by atoms with Crippen LogP contribution in [0.25, 0.3) is 0 Å². The van der Waals surface area contributed by atoms with Crippen molar-refractivity contribution in [3.8, 4) is 0 Å². The van der Waals surface area contributed by atoms with E-state index in [4.69, 9.17) is 5.11 Å². The summed E-state index contributed by atoms with van der Waals surface area (Å²) >= 11 is 0. The van der Waals surface area contributed by atoms with Crippen molar-refractivity contribution in [3.63, 3.8) is 0 Å². The van der Waals surface area contributed by atoms with Gasteiger partial charge >= 0.3 is 12.0 Å². The van der Waals surface area contributed by atoms with E-state index in [1.807, 2.05) is 13.8 Å². The maximum Gasteiger partial charge on any atom is 0.337 e. The number of nitrogens with one attached hydrogen (secondary N) is 1. The van der Waals surface area contributed by atoms with Gasteiger partial charge < -0.3 is 15.3 Å². The lowest BCUT2D eigenvalue weighted by atomic mass is 10.1. The van der Waals surface area contributed by atoms with Crippen molar-refractivity contribution in [3.05, 3.63) is 29.3 Å². The van der Waals surface area contributed by atoms with E-state index in [2.05, 4.69) is 5.32 Å². The Hall–Kier alpha value is -2.04. The van der Waals surface area contributed by atoms with Gasteiger partial charge in [0.2, 0.25) is 0 Å². The number of carboxylic acids is 1. The average Bonchev–Trinajstić information content (AvgIpc) is 2.30. The summed E-state index contributed by atoms with van der Waals surface area (Å²) in [6, 6.07) is 4.61. The number of benzene rings is 1. The molecule has 0 aliphatic heterocycles. The Morgan fingerprint density at radius 3 is 2.53 bits per heavy atom. The highest BCUT2D eigenvalue weighted by Crippen LogP contribution is 2.21. The third kappa shape index (κ3) is 3.98. The molecule has 0 heterocycles. The zero-order chi connectivity index (χ0) is 14.6. The summed E-state index contributed by atoms with van der Waals surface area (Å²) < 4.78 is 0. The van der Waals surface area contributed by atoms with Crippen molar-refractivity contribution in [2.45, 2.75) is 20.8 Å². The maximum atomic E-state index is 12.0. The first kappa shape index (κ1) is 15.0. The number of anilines is 1. The van der Waals surface area contributed by atoms with Gasteiger partial charge in [-0.15, -0.1) is 0 Å². The molecule has 5 heteroatoms. The topological polar surface area (TPSA) is 69.6 Å². The lowest BCUT2D eigenvalue weighted by Gasteiger charge is -2.21. The highest BCUT2D eigenvalue weighted by Gasteiger charge is 2.16. The van der Waals surface area contributed by atoms with Gasteiger partial charge in [0.15, 0.2) is 0 Å². The Bertz CT molecular complexity index is 484. The van der Waals surface area contributed by atoms with Gasteiger partial charge in [0, 0.05) is 13.6 Å². The van der Waals surface area contributed by atoms with Crippen LogP contribution in [0.2, 0.25) is 0 Å². The number of hydrogen-bond donors (Lipinski definition) is 2. The molecule has 0 aliphatic carbocycles. The van der Waals surface area contributed by atoms with Gasteiger partial charge in [-0.05, 0) is 24.5 Å². The molecule has 19 heavy (non-hydrogen) atoms. The minimum Gasteiger partial charge on any atom is -0.478 e. The van der Waals surface area contributed by atoms with Crippen molar-refractivity contribution in [2.75, 3.05) is 18.9 Å². The Balaban J connectivity index is 2.93. The molecule has 0 atom stereocenters. The summed E-state index contributed by atoms with van der Waals surface area (Å²) in [7, 11) is 1.69. The molecule has 0 saturated heterocycles. The van der Waals surface area contributed by atoms with E-state index < -0.39 is 5.97 Å². The standard InChI is InChI=1S/C14H20N2O3/c1-9(2)8-16(4)14(19)15-12-10(3)6-5-7-11(12)13(17)18/h5-7,9H,8H2,1-4H3,(H,15,19)(H,17,18). The van der Waals surface area contributed by atoms with E-state index in [9.17, 15) is 9.59 Å². The van der Waals surface area contributed by atoms with Crippen molar-refractivity contribution in [1.82, 2.24) is 4.90 Å². The van der Waals surface area contributed by atoms with E-state index in [-0.39, 0.29) is 11.6 Å². The molecule has 5 nitrogen and oxygen atoms in total. The van der Waals surface area contributed by atoms with Crippen LogP contribution >= 0.6 is 0 Å². The van der Waals surface area contributed by atoms with Crippen LogP contribution in [0, 0.1) is 12.8 Å². The van der Waals surface area contributed by atoms with Gasteiger partial charge in [0.05, 0.1) is 11.3 Å². The zero-order valence-corrected chi connectivity index (χ0v) is 11.7. The molecular formula is C14H20N2O3. The second kappa shape index (κ2) is 6.22. The van der Waals surface area contributed by atoms with Crippen LogP contribution in [0.4, 0.5) is 10.5 Å². The molecule has 0 fully saturated rings. The van der Waals surface area contributed by atoms with Crippen LogP contribution in [0.5, 0.6) is 0 Å². The number of aryl methyl sites for hydroxylation is 1. The number of para-hydroxylation sites is 1. The van der Waals surface area contributed by atoms with E-state index in [0.29, 0.717) is 18.2 Å². The Labute approximate surface area is 113 Å². The second-order valence-electron chi connectivity index (χ2n) is 5.01. The van der Waals surface area contributed by atoms with Crippen LogP contribution in [0.1, 0.15) is 29.8 Å². The molecular weight excluding hydrogens is 244 g/mol. The van der Waals surface area contributed by atoms with Crippen LogP contribution < -0.4 is 5.32 Å². The quantitative estimate of drug-likeness (QED) is 0.878. The number of amides is 2. The Morgan fingerprint density at radius 1 is 1.37 bits per heavy atom. The molecule has 0 unspecified atom stereocenters. The Kier molecular flexibility index (Phi) is 4.92. The monoisotopic (exact) mass is 264 g/mol. The van der Waals surface area contributed by atoms with E-state index in [1.54, 1.807) is 31.0 Å². The molecule has 2 N–H and O–H groups in total. The molecule has 1 aromatic carbocycles. The van der Waals surface area contributed by atoms with Crippen molar-refractivity contribution in [1.29, 1.82) is 0 Å². The predicted octanol–water partition coefficient (Wildman–Crippen LogP) is 2.81. The molecule has 0 saturated carbocycles. The fourth-order valence-corrected chi connectivity index (χ4v) is 1.84. The van der Waals surface area contributed by atoms with E-state index in [1.165, 1.54) is 6.07 Å². The first-order chi connectivity index (χ1) is 8.82. The van der Waals surface area contributed by atoms with Crippen molar-refractivity contribution >= 4 is 17.7 Å². The smallest absolute Gasteiger partial charge is 0.337 e. The van der Waals surface area contributed by atoms with Gasteiger partial charge in [-0.2, -0.15) is 0 Å². The third-order valence-corrected chi connectivity index (χ3v) is 2.72. The number of carbonyl (C=O) groups excluding carboxylic acids is 1. The van der Waals surface area contributed by atoms with Gasteiger partial charge in [-0.25, -0.2) is 9.59 Å². The van der Waals surface area contributed by atoms with Gasteiger partial charge in [-0.3, -0.25) is 0 Å². The predicted molar refractivity (Wildman–Crippen MR) is 74.6 cm³/mol. The lowest BCUT2D eigenvalue weighted by molar-refractivity contribution is 0.0698. The number of aromatic carboxylic acids is 1. The van der Waals surface area contributed by atoms with Crippen molar-refractivity contribution in [2.24, 2.45) is 5.92 Å². The number of hydrogen-bond acceptors (Lipinski definition) is 2. The first-order valence-electron chi connectivity index (χ1n) is 6.18. The molecule has 0 bridgehead atoms. The second-order valence-corrected chi connectivity index (χ2v) is 5.01. The van der Waals surface area contributed by atoms with Crippen LogP contribution in [-0.4, -0.2) is 35.6 Å². The first-order valence-corrected chi connectivity index (χ1v) is 6.18. The molecule has 0 aromatic heterocycles. The van der Waals surface area contributed by atoms with E-state index >= 15 is 0 Å². The number of nitrogens with zero attached hydrogens (tertiary/aromatic N) is 1. The SMILES string of the molecule is Cc1cccc(C(=O)O)c1NC(=O)N(C)CC(C)C. The van der Waals surface area contributed by atoms with Gasteiger partial charge in [-0.1, -0.05) is 26.0 Å². The fraction of sp³-hybridized carbons (Fsp3) is 0.429. The fourth-order valence-electron chi connectivity index (χ4n) is 1.84. The van der Waals surface area contributed by atoms with Crippen LogP contribution in [-0.2, 0) is 0 Å². The third-order valence-electron chi connectivity index (χ3n) is 2.72. The summed E-state index contributed by atoms with van der Waals surface area (Å²) in [5, 5.41) is 11.8. The summed E-state index contributed by atoms with van der Waals surface area (Å²) in [6.07, 6.45) is 0. The highest BCUT2D eigenvalue weighted by molar-refractivity contribution is 6.00. The van der Waals surface area contributed by atoms with E-state index in [0.717, 1.165) is 5.56 Å². The zero-order valence-electron chi connectivity index (χ0n) is 11.7. The number of carboxylic acid groups (broad SMARTS) is 1. The summed E-state index contributed by atoms with van der Waals surface area (Å²) in [6.45, 7) is 6.41. The normalized spacial score (nSPS) is 10.4. The highest BCUT2D eigenvalue weighted by atomic mass is 16.4. The molecule has 1 rings (SSSR count). The van der Waals surface area contributed by atoms with Crippen molar-refractivity contribution < 1.29 is 14.7 Å². The lowest BCUT2D eigenvalue weighted by Crippen LogP contribution is -2.34. The molecule has 0 spiro atoms. The summed E-state index contributed by atoms with van der Waals surface area (Å²) in [5.41, 5.74) is 1.19. The van der Waals surface area contributed by atoms with Gasteiger partial charge in [0.25, 0.3) is 0 Å². The number of urea groups is 1. The minimum absolute atomic E-state index is 0.103. The molecule has 2 amide bonds. The maximum absolute atomic E-state index is 12.0. The largest absolute Gasteiger partial charge is 0.478 e. The van der Waals surface area contributed by atoms with Gasteiger partial charge in [0.1, 0.15) is 0 Å². The molecule has 104 valence electrons. The average molecular weight is 264 g/mol. The summed E-state index contributed by atoms with van der Waals surface area (Å²) in [5.74, 6) is -0.697. The summed E-state index contributed by atoms with van der Waals surface area (Å²) in [4.78, 5) is 24.7. The number of carbonyl (C=O) groups is 2. The molecule has 1 aromatic rings.